The number of hydrogen-bond donors (Lipinski definition) is 1. The van der Waals surface area contributed by atoms with E-state index in [1.54, 1.807) is 6.92 Å². The first-order valence-corrected chi connectivity index (χ1v) is 6.58. The van der Waals surface area contributed by atoms with Crippen molar-refractivity contribution >= 4 is 16.9 Å². The predicted molar refractivity (Wildman–Crippen MR) is 64.9 cm³/mol. The van der Waals surface area contributed by atoms with E-state index in [0.29, 0.717) is 17.1 Å². The maximum atomic E-state index is 11.1. The summed E-state index contributed by atoms with van der Waals surface area (Å²) in [6.07, 6.45) is 3.17. The van der Waals surface area contributed by atoms with Gasteiger partial charge in [0, 0.05) is 12.2 Å². The van der Waals surface area contributed by atoms with Crippen molar-refractivity contribution in [2.75, 3.05) is 0 Å². The van der Waals surface area contributed by atoms with Crippen molar-refractivity contribution in [2.45, 2.75) is 57.8 Å². The Morgan fingerprint density at radius 3 is 2.47 bits per heavy atom. The third-order valence-corrected chi connectivity index (χ3v) is 4.73. The van der Waals surface area contributed by atoms with Crippen LogP contribution in [-0.2, 0) is 4.79 Å². The van der Waals surface area contributed by atoms with Gasteiger partial charge in [-0.3, -0.25) is 4.79 Å². The van der Waals surface area contributed by atoms with Crippen molar-refractivity contribution in [3.05, 3.63) is 0 Å². The Labute approximate surface area is 96.8 Å². The van der Waals surface area contributed by atoms with Crippen LogP contribution in [0.5, 0.6) is 0 Å². The Morgan fingerprint density at radius 2 is 2.00 bits per heavy atom. The second kappa shape index (κ2) is 4.88. The summed E-state index contributed by atoms with van der Waals surface area (Å²) >= 11 is 1.45. The molecule has 0 aromatic carbocycles. The van der Waals surface area contributed by atoms with Gasteiger partial charge in [-0.1, -0.05) is 18.7 Å². The molecule has 1 aliphatic carbocycles. The van der Waals surface area contributed by atoms with Crippen molar-refractivity contribution in [1.29, 1.82) is 0 Å². The van der Waals surface area contributed by atoms with E-state index in [9.17, 15) is 9.90 Å². The van der Waals surface area contributed by atoms with Crippen molar-refractivity contribution in [2.24, 2.45) is 11.8 Å². The van der Waals surface area contributed by atoms with E-state index < -0.39 is 5.60 Å². The van der Waals surface area contributed by atoms with Gasteiger partial charge in [-0.2, -0.15) is 0 Å². The van der Waals surface area contributed by atoms with Crippen LogP contribution in [0.4, 0.5) is 0 Å². The van der Waals surface area contributed by atoms with Gasteiger partial charge in [0.1, 0.15) is 0 Å². The summed E-state index contributed by atoms with van der Waals surface area (Å²) < 4.78 is 0. The molecule has 0 aliphatic heterocycles. The van der Waals surface area contributed by atoms with Crippen LogP contribution in [0.2, 0.25) is 0 Å². The molecule has 0 amide bonds. The number of aliphatic hydroxyl groups is 1. The summed E-state index contributed by atoms with van der Waals surface area (Å²) in [6.45, 7) is 7.60. The zero-order valence-electron chi connectivity index (χ0n) is 10.1. The Balaban J connectivity index is 2.60. The molecule has 3 heteroatoms. The molecule has 3 unspecified atom stereocenters. The minimum Gasteiger partial charge on any atom is -0.390 e. The number of hydrogen-bond acceptors (Lipinski definition) is 3. The summed E-state index contributed by atoms with van der Waals surface area (Å²) in [5.41, 5.74) is -0.601. The average Bonchev–Trinajstić information content (AvgIpc) is 2.06. The van der Waals surface area contributed by atoms with Gasteiger partial charge < -0.3 is 5.11 Å². The van der Waals surface area contributed by atoms with Crippen LogP contribution >= 0.6 is 11.8 Å². The standard InChI is InChI=1S/C12H22O2S/c1-8-5-6-10(12(3,4)14)7-11(8)15-9(2)13/h8,10-11,14H,5-7H2,1-4H3. The highest BCUT2D eigenvalue weighted by Crippen LogP contribution is 2.40. The summed E-state index contributed by atoms with van der Waals surface area (Å²) in [6, 6.07) is 0. The van der Waals surface area contributed by atoms with Crippen LogP contribution in [0.3, 0.4) is 0 Å². The lowest BCUT2D eigenvalue weighted by atomic mass is 9.75. The third kappa shape index (κ3) is 3.80. The maximum Gasteiger partial charge on any atom is 0.186 e. The molecule has 0 aromatic rings. The number of carbonyl (C=O) groups is 1. The Kier molecular flexibility index (Phi) is 4.24. The lowest BCUT2D eigenvalue weighted by Crippen LogP contribution is -2.38. The molecule has 0 aromatic heterocycles. The summed E-state index contributed by atoms with van der Waals surface area (Å²) in [7, 11) is 0. The molecule has 3 atom stereocenters. The van der Waals surface area contributed by atoms with Gasteiger partial charge in [-0.15, -0.1) is 0 Å². The van der Waals surface area contributed by atoms with Crippen LogP contribution in [0.25, 0.3) is 0 Å². The number of thioether (sulfide) groups is 1. The first-order chi connectivity index (χ1) is 6.80. The Morgan fingerprint density at radius 1 is 1.40 bits per heavy atom. The van der Waals surface area contributed by atoms with Gasteiger partial charge in [-0.05, 0) is 44.9 Å². The van der Waals surface area contributed by atoms with Crippen LogP contribution in [0.15, 0.2) is 0 Å². The maximum absolute atomic E-state index is 11.1. The second-order valence-corrected chi connectivity index (χ2v) is 6.70. The number of rotatable bonds is 2. The molecule has 2 nitrogen and oxygen atoms in total. The van der Waals surface area contributed by atoms with Crippen molar-refractivity contribution in [1.82, 2.24) is 0 Å². The highest BCUT2D eigenvalue weighted by atomic mass is 32.2. The zero-order valence-corrected chi connectivity index (χ0v) is 10.9. The molecule has 1 saturated carbocycles. The number of carbonyl (C=O) groups excluding carboxylic acids is 1. The predicted octanol–water partition coefficient (Wildman–Crippen LogP) is 2.84. The van der Waals surface area contributed by atoms with E-state index in [-0.39, 0.29) is 5.12 Å². The normalized spacial score (nSPS) is 32.7. The van der Waals surface area contributed by atoms with Crippen molar-refractivity contribution < 1.29 is 9.90 Å². The van der Waals surface area contributed by atoms with Crippen LogP contribution < -0.4 is 0 Å². The fourth-order valence-electron chi connectivity index (χ4n) is 2.30. The molecule has 1 aliphatic rings. The largest absolute Gasteiger partial charge is 0.390 e. The van der Waals surface area contributed by atoms with E-state index in [2.05, 4.69) is 6.92 Å². The first kappa shape index (κ1) is 13.0. The van der Waals surface area contributed by atoms with Crippen molar-refractivity contribution in [3.63, 3.8) is 0 Å². The van der Waals surface area contributed by atoms with E-state index in [1.807, 2.05) is 13.8 Å². The van der Waals surface area contributed by atoms with Gasteiger partial charge in [0.25, 0.3) is 0 Å². The van der Waals surface area contributed by atoms with E-state index >= 15 is 0 Å². The quantitative estimate of drug-likeness (QED) is 0.792. The highest BCUT2D eigenvalue weighted by Gasteiger charge is 2.36. The monoisotopic (exact) mass is 230 g/mol. The topological polar surface area (TPSA) is 37.3 Å². The van der Waals surface area contributed by atoms with E-state index in [1.165, 1.54) is 11.8 Å². The fourth-order valence-corrected chi connectivity index (χ4v) is 3.42. The summed E-state index contributed by atoms with van der Waals surface area (Å²) in [4.78, 5) is 11.1. The van der Waals surface area contributed by atoms with Crippen LogP contribution in [0.1, 0.15) is 47.0 Å². The van der Waals surface area contributed by atoms with E-state index in [4.69, 9.17) is 0 Å². The molecule has 88 valence electrons. The minimum absolute atomic E-state index is 0.197. The molecular formula is C12H22O2S. The summed E-state index contributed by atoms with van der Waals surface area (Å²) in [5, 5.41) is 10.6. The van der Waals surface area contributed by atoms with Crippen LogP contribution in [-0.4, -0.2) is 21.1 Å². The van der Waals surface area contributed by atoms with Gasteiger partial charge in [0.15, 0.2) is 5.12 Å². The highest BCUT2D eigenvalue weighted by molar-refractivity contribution is 8.14. The molecule has 0 bridgehead atoms. The minimum atomic E-state index is -0.601. The van der Waals surface area contributed by atoms with Crippen LogP contribution in [0, 0.1) is 11.8 Å². The molecule has 0 spiro atoms. The smallest absolute Gasteiger partial charge is 0.186 e. The molecule has 0 heterocycles. The average molecular weight is 230 g/mol. The van der Waals surface area contributed by atoms with Gasteiger partial charge in [0.05, 0.1) is 5.60 Å². The Hall–Kier alpha value is -0.0200. The molecule has 1 rings (SSSR count). The molecular weight excluding hydrogens is 208 g/mol. The second-order valence-electron chi connectivity index (χ2n) is 5.29. The van der Waals surface area contributed by atoms with Gasteiger partial charge in [-0.25, -0.2) is 0 Å². The SMILES string of the molecule is CC(=O)SC1CC(C(C)(C)O)CCC1C. The van der Waals surface area contributed by atoms with E-state index in [0.717, 1.165) is 19.3 Å². The zero-order chi connectivity index (χ0) is 11.6. The fraction of sp³-hybridized carbons (Fsp3) is 0.917. The van der Waals surface area contributed by atoms with Gasteiger partial charge in [0.2, 0.25) is 0 Å². The van der Waals surface area contributed by atoms with Crippen molar-refractivity contribution in [3.8, 4) is 0 Å². The lowest BCUT2D eigenvalue weighted by molar-refractivity contribution is -0.109. The molecule has 1 N–H and O–H groups in total. The third-order valence-electron chi connectivity index (χ3n) is 3.44. The first-order valence-electron chi connectivity index (χ1n) is 5.70. The van der Waals surface area contributed by atoms with Gasteiger partial charge >= 0.3 is 0 Å². The lowest BCUT2D eigenvalue weighted by Gasteiger charge is -2.39. The molecule has 1 fully saturated rings. The molecule has 0 saturated heterocycles. The molecule has 0 radical (unpaired) electrons. The summed E-state index contributed by atoms with van der Waals surface area (Å²) in [5.74, 6) is 0.933. The molecule has 15 heavy (non-hydrogen) atoms. The Bertz CT molecular complexity index is 232.